The molecule has 4 heteroatoms. The standard InChI is InChI=1S/C13H15O3.3C4H9.Sn/c1-3-10-13(15,12(14)16-4-2)11-8-6-5-7-9-11;3*1-3-4-2;/h1,3,5-9,15H,4,10H2,2H3;3*1,3-4H2,2H3;/t13-;;;;/m0..../s1. The van der Waals surface area contributed by atoms with Crippen molar-refractivity contribution in [1.82, 2.24) is 0 Å². The Kier molecular flexibility index (Phi) is 12.9. The fourth-order valence-corrected chi connectivity index (χ4v) is 18.4. The average molecular weight is 509 g/mol. The molecule has 164 valence electrons. The van der Waals surface area contributed by atoms with Crippen LogP contribution in [-0.4, -0.2) is 36.1 Å². The Morgan fingerprint density at radius 3 is 1.93 bits per heavy atom. The molecule has 0 aliphatic heterocycles. The number of carbonyl (C=O) groups excluding carboxylic acids is 1. The maximum atomic E-state index is 12.6. The number of unbranched alkanes of at least 4 members (excludes halogenated alkanes) is 3. The van der Waals surface area contributed by atoms with E-state index in [1.54, 1.807) is 6.92 Å². The first-order valence-electron chi connectivity index (χ1n) is 11.6. The van der Waals surface area contributed by atoms with E-state index in [2.05, 4.69) is 30.9 Å². The van der Waals surface area contributed by atoms with E-state index in [1.807, 2.05) is 30.3 Å². The van der Waals surface area contributed by atoms with Crippen molar-refractivity contribution in [2.45, 2.75) is 91.6 Å². The Labute approximate surface area is 182 Å². The molecule has 0 spiro atoms. The van der Waals surface area contributed by atoms with Gasteiger partial charge in [0, 0.05) is 0 Å². The molecule has 0 radical (unpaired) electrons. The van der Waals surface area contributed by atoms with E-state index in [0.29, 0.717) is 12.0 Å². The molecule has 0 amide bonds. The molecule has 1 aromatic rings. The van der Waals surface area contributed by atoms with E-state index < -0.39 is 29.9 Å². The molecule has 0 heterocycles. The third-order valence-corrected chi connectivity index (χ3v) is 20.1. The number of benzene rings is 1. The molecular weight excluding hydrogens is 467 g/mol. The van der Waals surface area contributed by atoms with Gasteiger partial charge in [-0.2, -0.15) is 0 Å². The van der Waals surface area contributed by atoms with E-state index in [-0.39, 0.29) is 6.61 Å². The van der Waals surface area contributed by atoms with Crippen molar-refractivity contribution < 1.29 is 14.6 Å². The second kappa shape index (κ2) is 14.2. The zero-order valence-electron chi connectivity index (χ0n) is 19.1. The SMILES string of the molecule is CCC[CH2][Sn](/[CH]=C\C[C@@](O)(C(=O)OCC)c1ccccc1)([CH2]CCC)[CH2]CCC. The van der Waals surface area contributed by atoms with Gasteiger partial charge in [0.15, 0.2) is 0 Å². The van der Waals surface area contributed by atoms with Gasteiger partial charge in [0.25, 0.3) is 0 Å². The van der Waals surface area contributed by atoms with Crippen LogP contribution in [0.2, 0.25) is 13.3 Å². The first kappa shape index (κ1) is 26.2. The number of aliphatic hydroxyl groups is 1. The summed E-state index contributed by atoms with van der Waals surface area (Å²) in [5, 5.41) is 11.3. The van der Waals surface area contributed by atoms with Crippen LogP contribution in [0.15, 0.2) is 40.5 Å². The number of hydrogen-bond acceptors (Lipinski definition) is 3. The molecule has 1 aromatic carbocycles. The van der Waals surface area contributed by atoms with Gasteiger partial charge in [-0.05, 0) is 0 Å². The maximum absolute atomic E-state index is 12.6. The summed E-state index contributed by atoms with van der Waals surface area (Å²) in [6, 6.07) is 9.23. The third-order valence-electron chi connectivity index (χ3n) is 5.83. The van der Waals surface area contributed by atoms with Crippen LogP contribution in [-0.2, 0) is 15.1 Å². The fourth-order valence-electron chi connectivity index (χ4n) is 3.97. The molecule has 0 saturated heterocycles. The van der Waals surface area contributed by atoms with Gasteiger partial charge >= 0.3 is 183 Å². The predicted molar refractivity (Wildman–Crippen MR) is 126 cm³/mol. The van der Waals surface area contributed by atoms with Crippen molar-refractivity contribution in [3.05, 3.63) is 46.1 Å². The zero-order valence-corrected chi connectivity index (χ0v) is 21.9. The van der Waals surface area contributed by atoms with Crippen LogP contribution >= 0.6 is 0 Å². The summed E-state index contributed by atoms with van der Waals surface area (Å²) in [5.41, 5.74) is -0.995. The van der Waals surface area contributed by atoms with Gasteiger partial charge < -0.3 is 0 Å². The topological polar surface area (TPSA) is 46.5 Å². The van der Waals surface area contributed by atoms with Gasteiger partial charge in [-0.3, -0.25) is 0 Å². The Hall–Kier alpha value is -0.811. The van der Waals surface area contributed by atoms with Crippen LogP contribution in [0, 0.1) is 0 Å². The minimum absolute atomic E-state index is 0.268. The minimum atomic E-state index is -2.44. The van der Waals surface area contributed by atoms with Crippen molar-refractivity contribution in [2.75, 3.05) is 6.61 Å². The summed E-state index contributed by atoms with van der Waals surface area (Å²) in [6.07, 6.45) is 10.0. The summed E-state index contributed by atoms with van der Waals surface area (Å²) >= 11 is -2.44. The van der Waals surface area contributed by atoms with Gasteiger partial charge in [-0.25, -0.2) is 0 Å². The van der Waals surface area contributed by atoms with E-state index in [0.717, 1.165) is 0 Å². The molecular formula is C25H42O3Sn. The van der Waals surface area contributed by atoms with Crippen molar-refractivity contribution in [1.29, 1.82) is 0 Å². The Bertz CT molecular complexity index is 578. The van der Waals surface area contributed by atoms with Crippen molar-refractivity contribution >= 4 is 24.3 Å². The number of hydrogen-bond donors (Lipinski definition) is 1. The molecule has 0 aliphatic carbocycles. The number of ether oxygens (including phenoxy) is 1. The first-order chi connectivity index (χ1) is 14.0. The van der Waals surface area contributed by atoms with Crippen molar-refractivity contribution in [3.8, 4) is 0 Å². The van der Waals surface area contributed by atoms with Crippen molar-refractivity contribution in [3.63, 3.8) is 0 Å². The van der Waals surface area contributed by atoms with Crippen LogP contribution in [0.1, 0.15) is 78.2 Å². The third kappa shape index (κ3) is 8.45. The van der Waals surface area contributed by atoms with Gasteiger partial charge in [0.05, 0.1) is 0 Å². The molecule has 1 N–H and O–H groups in total. The van der Waals surface area contributed by atoms with E-state index >= 15 is 0 Å². The Morgan fingerprint density at radius 2 is 1.48 bits per heavy atom. The normalized spacial score (nSPS) is 14.1. The van der Waals surface area contributed by atoms with Crippen LogP contribution < -0.4 is 0 Å². The molecule has 3 nitrogen and oxygen atoms in total. The number of rotatable bonds is 15. The number of esters is 1. The summed E-state index contributed by atoms with van der Waals surface area (Å²) < 4.78 is 11.9. The molecule has 0 bridgehead atoms. The zero-order chi connectivity index (χ0) is 21.6. The molecule has 0 fully saturated rings. The van der Waals surface area contributed by atoms with Crippen LogP contribution in [0.4, 0.5) is 0 Å². The van der Waals surface area contributed by atoms with Gasteiger partial charge in [-0.15, -0.1) is 0 Å². The van der Waals surface area contributed by atoms with E-state index in [9.17, 15) is 9.90 Å². The van der Waals surface area contributed by atoms with Crippen LogP contribution in [0.3, 0.4) is 0 Å². The molecule has 0 aromatic heterocycles. The monoisotopic (exact) mass is 510 g/mol. The second-order valence-electron chi connectivity index (χ2n) is 8.23. The molecule has 0 unspecified atom stereocenters. The van der Waals surface area contributed by atoms with Crippen LogP contribution in [0.25, 0.3) is 0 Å². The average Bonchev–Trinajstić information content (AvgIpc) is 2.75. The summed E-state index contributed by atoms with van der Waals surface area (Å²) in [6.45, 7) is 8.86. The summed E-state index contributed by atoms with van der Waals surface area (Å²) in [4.78, 5) is 12.6. The number of carbonyl (C=O) groups is 1. The fraction of sp³-hybridized carbons (Fsp3) is 0.640. The van der Waals surface area contributed by atoms with Gasteiger partial charge in [0.1, 0.15) is 0 Å². The van der Waals surface area contributed by atoms with E-state index in [1.165, 1.54) is 51.8 Å². The van der Waals surface area contributed by atoms with Crippen molar-refractivity contribution in [2.24, 2.45) is 0 Å². The molecule has 29 heavy (non-hydrogen) atoms. The molecule has 0 aliphatic rings. The van der Waals surface area contributed by atoms with Gasteiger partial charge in [0.2, 0.25) is 0 Å². The first-order valence-corrected chi connectivity index (χ1v) is 19.3. The molecule has 1 rings (SSSR count). The van der Waals surface area contributed by atoms with Gasteiger partial charge in [-0.1, -0.05) is 0 Å². The van der Waals surface area contributed by atoms with E-state index in [4.69, 9.17) is 4.74 Å². The molecule has 0 saturated carbocycles. The summed E-state index contributed by atoms with van der Waals surface area (Å²) in [5.74, 6) is -0.549. The molecule has 1 atom stereocenters. The second-order valence-corrected chi connectivity index (χ2v) is 21.2. The quantitative estimate of drug-likeness (QED) is 0.210. The Balaban J connectivity index is 3.13. The summed E-state index contributed by atoms with van der Waals surface area (Å²) in [7, 11) is 0. The predicted octanol–water partition coefficient (Wildman–Crippen LogP) is 6.77. The Morgan fingerprint density at radius 1 is 0.966 bits per heavy atom. The van der Waals surface area contributed by atoms with Crippen LogP contribution in [0.5, 0.6) is 0 Å².